The van der Waals surface area contributed by atoms with Crippen LogP contribution in [0.4, 0.5) is 0 Å². The summed E-state index contributed by atoms with van der Waals surface area (Å²) >= 11 is 2.78. The number of fused-ring (bicyclic) bond motifs is 1. The van der Waals surface area contributed by atoms with Crippen molar-refractivity contribution in [3.05, 3.63) is 24.3 Å². The number of aliphatic hydroxyl groups is 1. The number of rotatable bonds is 6. The number of amides is 1. The number of thiazole rings is 1. The molecule has 6 nitrogen and oxygen atoms in total. The van der Waals surface area contributed by atoms with E-state index in [4.69, 9.17) is 10.2 Å². The van der Waals surface area contributed by atoms with Gasteiger partial charge in [0.05, 0.1) is 22.5 Å². The van der Waals surface area contributed by atoms with E-state index in [0.29, 0.717) is 0 Å². The predicted octanol–water partition coefficient (Wildman–Crippen LogP) is 0.950. The molecule has 20 heavy (non-hydrogen) atoms. The smallest absolute Gasteiger partial charge is 0.334 e. The van der Waals surface area contributed by atoms with Gasteiger partial charge in [0.2, 0.25) is 5.91 Å². The summed E-state index contributed by atoms with van der Waals surface area (Å²) in [5.74, 6) is -1.56. The molecule has 1 unspecified atom stereocenters. The zero-order valence-electron chi connectivity index (χ0n) is 10.3. The van der Waals surface area contributed by atoms with Gasteiger partial charge in [0.25, 0.3) is 0 Å². The van der Waals surface area contributed by atoms with Crippen LogP contribution >= 0.6 is 23.1 Å². The lowest BCUT2D eigenvalue weighted by molar-refractivity contribution is -0.146. The Morgan fingerprint density at radius 1 is 1.40 bits per heavy atom. The molecule has 0 radical (unpaired) electrons. The average molecular weight is 312 g/mol. The van der Waals surface area contributed by atoms with Crippen molar-refractivity contribution in [1.29, 1.82) is 0 Å². The zero-order valence-corrected chi connectivity index (χ0v) is 11.9. The van der Waals surface area contributed by atoms with Crippen LogP contribution in [0.3, 0.4) is 0 Å². The second kappa shape index (κ2) is 6.69. The first-order valence-electron chi connectivity index (χ1n) is 5.72. The lowest BCUT2D eigenvalue weighted by atomic mass is 10.3. The molecular formula is C12H12N2O4S2. The number of hydrogen-bond acceptors (Lipinski definition) is 6. The molecular weight excluding hydrogens is 300 g/mol. The maximum absolute atomic E-state index is 11.5. The number of benzene rings is 1. The quantitative estimate of drug-likeness (QED) is 0.687. The summed E-state index contributed by atoms with van der Waals surface area (Å²) in [6.45, 7) is -0.297. The first-order valence-corrected chi connectivity index (χ1v) is 7.52. The summed E-state index contributed by atoms with van der Waals surface area (Å²) in [6, 6.07) is 7.69. The Kier molecular flexibility index (Phi) is 4.94. The number of nitrogens with zero attached hydrogens (tertiary/aromatic N) is 1. The van der Waals surface area contributed by atoms with Gasteiger partial charge in [0.1, 0.15) is 0 Å². The Morgan fingerprint density at radius 3 is 2.85 bits per heavy atom. The van der Waals surface area contributed by atoms with Gasteiger partial charge in [-0.3, -0.25) is 4.79 Å². The van der Waals surface area contributed by atoms with E-state index < -0.39 is 12.1 Å². The van der Waals surface area contributed by atoms with E-state index in [0.717, 1.165) is 14.6 Å². The van der Waals surface area contributed by atoms with Crippen LogP contribution in [0.15, 0.2) is 28.6 Å². The summed E-state index contributed by atoms with van der Waals surface area (Å²) < 4.78 is 1.83. The molecule has 1 aromatic carbocycles. The van der Waals surface area contributed by atoms with Crippen LogP contribution in [0.25, 0.3) is 10.2 Å². The van der Waals surface area contributed by atoms with Crippen LogP contribution in [0.1, 0.15) is 0 Å². The second-order valence-electron chi connectivity index (χ2n) is 3.89. The maximum atomic E-state index is 11.5. The summed E-state index contributed by atoms with van der Waals surface area (Å²) in [6.07, 6.45) is -1.58. The van der Waals surface area contributed by atoms with Crippen molar-refractivity contribution in [3.8, 4) is 0 Å². The average Bonchev–Trinajstić information content (AvgIpc) is 2.85. The van der Waals surface area contributed by atoms with Crippen LogP contribution in [-0.4, -0.2) is 45.5 Å². The van der Waals surface area contributed by atoms with Gasteiger partial charge in [-0.05, 0) is 12.1 Å². The van der Waals surface area contributed by atoms with Crippen molar-refractivity contribution >= 4 is 45.2 Å². The number of para-hydroxylation sites is 1. The maximum Gasteiger partial charge on any atom is 0.334 e. The molecule has 1 aromatic heterocycles. The molecule has 0 saturated carbocycles. The number of carbonyl (C=O) groups excluding carboxylic acids is 1. The van der Waals surface area contributed by atoms with Crippen molar-refractivity contribution in [2.75, 3.05) is 12.3 Å². The third kappa shape index (κ3) is 3.92. The third-order valence-corrected chi connectivity index (χ3v) is 4.56. The van der Waals surface area contributed by atoms with E-state index in [2.05, 4.69) is 10.3 Å². The van der Waals surface area contributed by atoms with Gasteiger partial charge in [-0.15, -0.1) is 11.3 Å². The van der Waals surface area contributed by atoms with Crippen LogP contribution in [0, 0.1) is 0 Å². The SMILES string of the molecule is O=C(CSc1nc2ccccc2s1)NCC(O)C(=O)O. The van der Waals surface area contributed by atoms with Gasteiger partial charge in [-0.1, -0.05) is 23.9 Å². The molecule has 0 aliphatic carbocycles. The zero-order chi connectivity index (χ0) is 14.5. The standard InChI is InChI=1S/C12H12N2O4S2/c15-8(11(17)18)5-13-10(16)6-19-12-14-7-3-1-2-4-9(7)20-12/h1-4,8,15H,5-6H2,(H,13,16)(H,17,18). The minimum absolute atomic E-state index is 0.131. The Balaban J connectivity index is 1.82. The number of aliphatic hydroxyl groups excluding tert-OH is 1. The molecule has 0 saturated heterocycles. The lowest BCUT2D eigenvalue weighted by Gasteiger charge is -2.06. The highest BCUT2D eigenvalue weighted by atomic mass is 32.2. The highest BCUT2D eigenvalue weighted by Crippen LogP contribution is 2.28. The summed E-state index contributed by atoms with van der Waals surface area (Å²) in [5.41, 5.74) is 0.890. The normalized spacial score (nSPS) is 12.2. The molecule has 106 valence electrons. The van der Waals surface area contributed by atoms with Gasteiger partial charge >= 0.3 is 5.97 Å². The molecule has 0 bridgehead atoms. The number of carbonyl (C=O) groups is 2. The summed E-state index contributed by atoms with van der Waals surface area (Å²) in [4.78, 5) is 26.2. The number of carboxylic acids is 1. The molecule has 1 amide bonds. The van der Waals surface area contributed by atoms with Gasteiger partial charge < -0.3 is 15.5 Å². The molecule has 2 rings (SSSR count). The first-order chi connectivity index (χ1) is 9.56. The van der Waals surface area contributed by atoms with E-state index in [1.165, 1.54) is 23.1 Å². The van der Waals surface area contributed by atoms with Crippen LogP contribution in [0.5, 0.6) is 0 Å². The second-order valence-corrected chi connectivity index (χ2v) is 6.15. The first kappa shape index (κ1) is 14.8. The van der Waals surface area contributed by atoms with Gasteiger partial charge in [0, 0.05) is 0 Å². The number of aromatic nitrogens is 1. The number of aliphatic carboxylic acids is 1. The minimum Gasteiger partial charge on any atom is -0.479 e. The fourth-order valence-corrected chi connectivity index (χ4v) is 3.29. The number of carboxylic acid groups (broad SMARTS) is 1. The van der Waals surface area contributed by atoms with E-state index >= 15 is 0 Å². The molecule has 2 aromatic rings. The van der Waals surface area contributed by atoms with Crippen LogP contribution < -0.4 is 5.32 Å². The fourth-order valence-electron chi connectivity index (χ4n) is 1.39. The molecule has 0 fully saturated rings. The number of nitrogens with one attached hydrogen (secondary N) is 1. The molecule has 8 heteroatoms. The van der Waals surface area contributed by atoms with Crippen molar-refractivity contribution in [1.82, 2.24) is 10.3 Å². The number of thioether (sulfide) groups is 1. The molecule has 0 spiro atoms. The fraction of sp³-hybridized carbons (Fsp3) is 0.250. The Morgan fingerprint density at radius 2 is 2.15 bits per heavy atom. The number of hydrogen-bond donors (Lipinski definition) is 3. The molecule has 0 aliphatic rings. The Bertz CT molecular complexity index is 596. The summed E-state index contributed by atoms with van der Waals surface area (Å²) in [7, 11) is 0. The van der Waals surface area contributed by atoms with Gasteiger partial charge in [-0.25, -0.2) is 9.78 Å². The molecule has 1 heterocycles. The molecule has 3 N–H and O–H groups in total. The highest BCUT2D eigenvalue weighted by Gasteiger charge is 2.14. The third-order valence-electron chi connectivity index (χ3n) is 2.38. The summed E-state index contributed by atoms with van der Waals surface area (Å²) in [5, 5.41) is 19.8. The van der Waals surface area contributed by atoms with Crippen LogP contribution in [-0.2, 0) is 9.59 Å². The minimum atomic E-state index is -1.58. The van der Waals surface area contributed by atoms with E-state index in [9.17, 15) is 9.59 Å². The van der Waals surface area contributed by atoms with Crippen molar-refractivity contribution in [2.45, 2.75) is 10.4 Å². The monoisotopic (exact) mass is 312 g/mol. The topological polar surface area (TPSA) is 99.5 Å². The largest absolute Gasteiger partial charge is 0.479 e. The van der Waals surface area contributed by atoms with Crippen molar-refractivity contribution in [2.24, 2.45) is 0 Å². The van der Waals surface area contributed by atoms with E-state index in [1.807, 2.05) is 24.3 Å². The van der Waals surface area contributed by atoms with Gasteiger partial charge in [0.15, 0.2) is 10.4 Å². The van der Waals surface area contributed by atoms with Crippen LogP contribution in [0.2, 0.25) is 0 Å². The van der Waals surface area contributed by atoms with E-state index in [1.54, 1.807) is 0 Å². The highest BCUT2D eigenvalue weighted by molar-refractivity contribution is 8.01. The lowest BCUT2D eigenvalue weighted by Crippen LogP contribution is -2.37. The molecule has 0 aliphatic heterocycles. The van der Waals surface area contributed by atoms with Crippen molar-refractivity contribution in [3.63, 3.8) is 0 Å². The molecule has 1 atom stereocenters. The predicted molar refractivity (Wildman–Crippen MR) is 77.0 cm³/mol. The van der Waals surface area contributed by atoms with Gasteiger partial charge in [-0.2, -0.15) is 0 Å². The van der Waals surface area contributed by atoms with E-state index in [-0.39, 0.29) is 18.2 Å². The Hall–Kier alpha value is -1.64. The Labute approximate surface area is 122 Å². The van der Waals surface area contributed by atoms with Crippen molar-refractivity contribution < 1.29 is 19.8 Å².